The maximum Gasteiger partial charge on any atom is 0.525 e. The van der Waals surface area contributed by atoms with Crippen LogP contribution in [-0.2, 0) is 15.9 Å². The van der Waals surface area contributed by atoms with Gasteiger partial charge in [-0.1, -0.05) is 0 Å². The van der Waals surface area contributed by atoms with Crippen LogP contribution in [0.3, 0.4) is 0 Å². The molecule has 0 bridgehead atoms. The first-order valence-electron chi connectivity index (χ1n) is 8.82. The highest BCUT2D eigenvalue weighted by molar-refractivity contribution is 6.54. The lowest BCUT2D eigenvalue weighted by atomic mass is 9.87. The Bertz CT molecular complexity index is 707. The summed E-state index contributed by atoms with van der Waals surface area (Å²) in [6.07, 6.45) is 4.13. The van der Waals surface area contributed by atoms with Gasteiger partial charge in [-0.05, 0) is 70.8 Å². The zero-order valence-electron chi connectivity index (χ0n) is 15.3. The summed E-state index contributed by atoms with van der Waals surface area (Å²) in [4.78, 5) is 12.1. The van der Waals surface area contributed by atoms with Gasteiger partial charge in [-0.15, -0.1) is 0 Å². The Balaban J connectivity index is 1.77. The van der Waals surface area contributed by atoms with Gasteiger partial charge in [0.05, 0.1) is 11.2 Å². The molecule has 3 rings (SSSR count). The quantitative estimate of drug-likeness (QED) is 0.849. The van der Waals surface area contributed by atoms with Crippen molar-refractivity contribution in [3.8, 4) is 0 Å². The molecule has 2 saturated heterocycles. The third-order valence-corrected chi connectivity index (χ3v) is 5.41. The highest BCUT2D eigenvalue weighted by Gasteiger charge is 2.53. The van der Waals surface area contributed by atoms with E-state index in [9.17, 15) is 9.18 Å². The average Bonchev–Trinajstić information content (AvgIpc) is 3.09. The Morgan fingerprint density at radius 2 is 2.04 bits per heavy atom. The Kier molecular flexibility index (Phi) is 4.92. The Labute approximate surface area is 148 Å². The maximum absolute atomic E-state index is 14.6. The number of halogens is 1. The van der Waals surface area contributed by atoms with Crippen molar-refractivity contribution in [1.29, 1.82) is 0 Å². The van der Waals surface area contributed by atoms with Crippen LogP contribution in [0.25, 0.3) is 6.08 Å². The van der Waals surface area contributed by atoms with Gasteiger partial charge in [0, 0.05) is 18.8 Å². The molecule has 0 aromatic carbocycles. The van der Waals surface area contributed by atoms with Crippen LogP contribution >= 0.6 is 0 Å². The topological polar surface area (TPSA) is 52.5 Å². The molecule has 1 aromatic rings. The number of hydrogen-bond donors (Lipinski definition) is 1. The van der Waals surface area contributed by atoms with Crippen molar-refractivity contribution in [3.05, 3.63) is 40.0 Å². The van der Waals surface area contributed by atoms with Crippen molar-refractivity contribution < 1.29 is 13.7 Å². The van der Waals surface area contributed by atoms with E-state index in [1.165, 1.54) is 12.1 Å². The fourth-order valence-corrected chi connectivity index (χ4v) is 3.11. The van der Waals surface area contributed by atoms with E-state index in [4.69, 9.17) is 9.31 Å². The minimum absolute atomic E-state index is 0.0694. The minimum atomic E-state index is -1.02. The van der Waals surface area contributed by atoms with Crippen molar-refractivity contribution in [1.82, 2.24) is 9.88 Å². The van der Waals surface area contributed by atoms with E-state index >= 15 is 0 Å². The molecule has 2 aliphatic heterocycles. The first-order valence-corrected chi connectivity index (χ1v) is 8.82. The zero-order chi connectivity index (χ0) is 18.2. The van der Waals surface area contributed by atoms with Crippen LogP contribution in [0.2, 0.25) is 0 Å². The monoisotopic (exact) mass is 348 g/mol. The summed E-state index contributed by atoms with van der Waals surface area (Å²) >= 11 is 0. The zero-order valence-corrected chi connectivity index (χ0v) is 15.3. The molecule has 7 heteroatoms. The molecule has 1 N–H and O–H groups in total. The summed E-state index contributed by atoms with van der Waals surface area (Å²) in [5.74, 6) is 0.435. The lowest BCUT2D eigenvalue weighted by Gasteiger charge is -2.32. The lowest BCUT2D eigenvalue weighted by Crippen LogP contribution is -2.41. The number of hydrogen-bond acceptors (Lipinski definition) is 4. The van der Waals surface area contributed by atoms with Gasteiger partial charge < -0.3 is 19.2 Å². The van der Waals surface area contributed by atoms with Crippen molar-refractivity contribution >= 4 is 13.2 Å². The molecule has 0 spiro atoms. The van der Waals surface area contributed by atoms with Crippen molar-refractivity contribution in [3.63, 3.8) is 0 Å². The van der Waals surface area contributed by atoms with Gasteiger partial charge in [-0.25, -0.2) is 4.39 Å². The van der Waals surface area contributed by atoms with Crippen LogP contribution in [0, 0.1) is 5.92 Å². The molecule has 0 aliphatic carbocycles. The molecule has 1 aromatic heterocycles. The third-order valence-electron chi connectivity index (χ3n) is 5.41. The summed E-state index contributed by atoms with van der Waals surface area (Å²) < 4.78 is 27.7. The Hall–Kier alpha value is -1.44. The van der Waals surface area contributed by atoms with Gasteiger partial charge in [0.1, 0.15) is 5.73 Å². The van der Waals surface area contributed by atoms with E-state index in [1.807, 2.05) is 27.7 Å². The van der Waals surface area contributed by atoms with Gasteiger partial charge in [-0.3, -0.25) is 4.79 Å². The van der Waals surface area contributed by atoms with Gasteiger partial charge in [0.25, 0.3) is 5.56 Å². The fraction of sp³-hybridized carbons (Fsp3) is 0.611. The number of rotatable bonds is 4. The molecule has 3 heterocycles. The Morgan fingerprint density at radius 1 is 1.36 bits per heavy atom. The third kappa shape index (κ3) is 3.88. The van der Waals surface area contributed by atoms with Crippen LogP contribution in [-0.4, -0.2) is 36.0 Å². The SMILES string of the molecule is CC1(C)OB(C(F)=Cc2ccc(=O)n(CC3CCNC3)c2)OC1(C)C. The van der Waals surface area contributed by atoms with E-state index in [0.29, 0.717) is 18.0 Å². The van der Waals surface area contributed by atoms with E-state index in [-0.39, 0.29) is 5.56 Å². The highest BCUT2D eigenvalue weighted by Crippen LogP contribution is 2.39. The van der Waals surface area contributed by atoms with Crippen LogP contribution in [0.15, 0.2) is 28.9 Å². The van der Waals surface area contributed by atoms with Crippen LogP contribution in [0.5, 0.6) is 0 Å². The summed E-state index contributed by atoms with van der Waals surface area (Å²) in [6.45, 7) is 10.1. The molecular formula is C18H26BFN2O3. The maximum atomic E-state index is 14.6. The first kappa shape index (κ1) is 18.4. The van der Waals surface area contributed by atoms with E-state index in [0.717, 1.165) is 19.5 Å². The number of pyridine rings is 1. The van der Waals surface area contributed by atoms with E-state index in [1.54, 1.807) is 16.8 Å². The second-order valence-corrected chi connectivity index (χ2v) is 7.93. The Morgan fingerprint density at radius 3 is 2.64 bits per heavy atom. The van der Waals surface area contributed by atoms with E-state index in [2.05, 4.69) is 5.32 Å². The summed E-state index contributed by atoms with van der Waals surface area (Å²) in [5.41, 5.74) is -1.11. The van der Waals surface area contributed by atoms with Gasteiger partial charge in [0.2, 0.25) is 0 Å². The number of aromatic nitrogens is 1. The molecule has 1 atom stereocenters. The van der Waals surface area contributed by atoms with Gasteiger partial charge in [-0.2, -0.15) is 0 Å². The fourth-order valence-electron chi connectivity index (χ4n) is 3.11. The molecule has 2 fully saturated rings. The molecule has 25 heavy (non-hydrogen) atoms. The molecule has 2 aliphatic rings. The van der Waals surface area contributed by atoms with E-state index < -0.39 is 24.0 Å². The second kappa shape index (κ2) is 6.70. The van der Waals surface area contributed by atoms with Gasteiger partial charge >= 0.3 is 7.12 Å². The normalized spacial score (nSPS) is 25.6. The molecule has 5 nitrogen and oxygen atoms in total. The second-order valence-electron chi connectivity index (χ2n) is 7.93. The molecular weight excluding hydrogens is 322 g/mol. The predicted octanol–water partition coefficient (Wildman–Crippen LogP) is 2.40. The standard InChI is InChI=1S/C18H26BFN2O3/c1-17(2)18(3,4)25-19(24-17)15(20)9-13-5-6-16(23)22(11-13)12-14-7-8-21-10-14/h5-6,9,11,14,21H,7-8,10,12H2,1-4H3. The first-order chi connectivity index (χ1) is 11.7. The average molecular weight is 348 g/mol. The smallest absolute Gasteiger partial charge is 0.398 e. The van der Waals surface area contributed by atoms with Crippen LogP contribution in [0.4, 0.5) is 4.39 Å². The molecule has 136 valence electrons. The van der Waals surface area contributed by atoms with Gasteiger partial charge in [0.15, 0.2) is 0 Å². The number of nitrogens with one attached hydrogen (secondary N) is 1. The molecule has 0 saturated carbocycles. The number of nitrogens with zero attached hydrogens (tertiary/aromatic N) is 1. The van der Waals surface area contributed by atoms with Crippen molar-refractivity contribution in [2.45, 2.75) is 51.9 Å². The van der Waals surface area contributed by atoms with Crippen molar-refractivity contribution in [2.24, 2.45) is 5.92 Å². The molecule has 1 unspecified atom stereocenters. The largest absolute Gasteiger partial charge is 0.525 e. The summed E-state index contributed by atoms with van der Waals surface area (Å²) in [5, 5.41) is 3.29. The van der Waals surface area contributed by atoms with Crippen LogP contribution < -0.4 is 10.9 Å². The van der Waals surface area contributed by atoms with Crippen molar-refractivity contribution in [2.75, 3.05) is 13.1 Å². The lowest BCUT2D eigenvalue weighted by molar-refractivity contribution is 0.00578. The summed E-state index contributed by atoms with van der Waals surface area (Å²) in [6, 6.07) is 3.10. The summed E-state index contributed by atoms with van der Waals surface area (Å²) in [7, 11) is -1.02. The molecule has 0 radical (unpaired) electrons. The van der Waals surface area contributed by atoms with Crippen LogP contribution in [0.1, 0.15) is 39.7 Å². The molecule has 0 amide bonds. The predicted molar refractivity (Wildman–Crippen MR) is 96.8 cm³/mol. The minimum Gasteiger partial charge on any atom is -0.398 e. The highest BCUT2D eigenvalue weighted by atomic mass is 19.1.